The molecule has 2 heterocycles. The number of hydrogen-bond acceptors (Lipinski definition) is 7. The second-order valence-corrected chi connectivity index (χ2v) is 5.92. The van der Waals surface area contributed by atoms with Crippen LogP contribution in [0.5, 0.6) is 0 Å². The van der Waals surface area contributed by atoms with E-state index in [-0.39, 0.29) is 12.6 Å². The minimum Gasteiger partial charge on any atom is -0.422 e. The number of urea groups is 1. The lowest BCUT2D eigenvalue weighted by molar-refractivity contribution is -0.103. The highest BCUT2D eigenvalue weighted by Crippen LogP contribution is 2.52. The van der Waals surface area contributed by atoms with Gasteiger partial charge in [-0.3, -0.25) is 4.55 Å². The van der Waals surface area contributed by atoms with Crippen molar-refractivity contribution in [3.8, 4) is 0 Å². The van der Waals surface area contributed by atoms with Crippen molar-refractivity contribution in [3.63, 3.8) is 0 Å². The van der Waals surface area contributed by atoms with E-state index in [1.165, 1.54) is 4.90 Å². The molecule has 1 spiro atoms. The summed E-state index contributed by atoms with van der Waals surface area (Å²) in [6.07, 6.45) is 1.89. The van der Waals surface area contributed by atoms with E-state index in [4.69, 9.17) is 19.0 Å². The van der Waals surface area contributed by atoms with Crippen LogP contribution in [0.4, 0.5) is 4.79 Å². The zero-order valence-corrected chi connectivity index (χ0v) is 12.8. The second-order valence-electron chi connectivity index (χ2n) is 5.34. The third-order valence-corrected chi connectivity index (χ3v) is 4.32. The number of nitrogens with two attached hydrogens (primary N) is 1. The summed E-state index contributed by atoms with van der Waals surface area (Å²) >= 11 is -2.55. The van der Waals surface area contributed by atoms with Gasteiger partial charge in [0.25, 0.3) is 0 Å². The molecule has 1 aliphatic heterocycles. The van der Waals surface area contributed by atoms with Gasteiger partial charge in [0.05, 0.1) is 12.1 Å². The van der Waals surface area contributed by atoms with Gasteiger partial charge in [0.1, 0.15) is 6.04 Å². The van der Waals surface area contributed by atoms with Crippen LogP contribution in [0.15, 0.2) is 4.42 Å². The van der Waals surface area contributed by atoms with Crippen LogP contribution in [-0.2, 0) is 22.2 Å². The second kappa shape index (κ2) is 5.57. The molecule has 1 aromatic heterocycles. The van der Waals surface area contributed by atoms with E-state index in [9.17, 15) is 9.00 Å². The van der Waals surface area contributed by atoms with Crippen LogP contribution >= 0.6 is 0 Å². The third kappa shape index (κ3) is 2.49. The van der Waals surface area contributed by atoms with Crippen LogP contribution in [0.1, 0.15) is 44.0 Å². The smallest absolute Gasteiger partial charge is 0.346 e. The molecule has 1 saturated heterocycles. The van der Waals surface area contributed by atoms with Gasteiger partial charge in [0.2, 0.25) is 11.8 Å². The quantitative estimate of drug-likeness (QED) is 0.736. The van der Waals surface area contributed by atoms with Gasteiger partial charge in [-0.15, -0.1) is 14.5 Å². The molecule has 2 aliphatic rings. The highest BCUT2D eigenvalue weighted by atomic mass is 32.2. The molecule has 2 atom stereocenters. The molecule has 0 bridgehead atoms. The molecular weight excluding hydrogens is 314 g/mol. The topological polar surface area (TPSA) is 135 Å². The van der Waals surface area contributed by atoms with Crippen LogP contribution in [0.25, 0.3) is 0 Å². The summed E-state index contributed by atoms with van der Waals surface area (Å²) in [7, 11) is 0. The molecule has 11 heteroatoms. The van der Waals surface area contributed by atoms with Gasteiger partial charge < -0.3 is 15.1 Å². The van der Waals surface area contributed by atoms with E-state index < -0.39 is 22.9 Å². The van der Waals surface area contributed by atoms with Gasteiger partial charge in [-0.1, -0.05) is 0 Å². The number of amides is 2. The monoisotopic (exact) mass is 331 g/mol. The van der Waals surface area contributed by atoms with Crippen LogP contribution in [0, 0.1) is 0 Å². The van der Waals surface area contributed by atoms with Gasteiger partial charge in [0, 0.05) is 13.0 Å². The maximum atomic E-state index is 12.6. The van der Waals surface area contributed by atoms with Crippen LogP contribution in [0.2, 0.25) is 0 Å². The molecule has 3 N–H and O–H groups in total. The maximum absolute atomic E-state index is 12.6. The van der Waals surface area contributed by atoms with Crippen LogP contribution < -0.4 is 5.73 Å². The first-order valence-corrected chi connectivity index (χ1v) is 7.96. The van der Waals surface area contributed by atoms with Crippen molar-refractivity contribution in [3.05, 3.63) is 11.8 Å². The van der Waals surface area contributed by atoms with Gasteiger partial charge in [-0.25, -0.2) is 4.79 Å². The highest BCUT2D eigenvalue weighted by Gasteiger charge is 2.59. The standard InChI is InChI=1S/C11H17N5O5S/c1-2-15-7(9-14-13-8(6-12)20-9)5-11(3-4-11)16(10(15)17)21-22(18)19/h7H,2-6,12H2,1H3,(H,18,19)/t7-/m0/s1. The number of carbonyl (C=O) groups is 1. The Bertz CT molecular complexity index is 603. The van der Waals surface area contributed by atoms with Gasteiger partial charge in [-0.2, -0.15) is 9.27 Å². The molecule has 0 aromatic carbocycles. The minimum atomic E-state index is -2.55. The zero-order chi connectivity index (χ0) is 15.9. The van der Waals surface area contributed by atoms with Gasteiger partial charge in [0.15, 0.2) is 0 Å². The van der Waals surface area contributed by atoms with Crippen LogP contribution in [-0.4, -0.2) is 47.0 Å². The minimum absolute atomic E-state index is 0.129. The Hall–Kier alpha value is -1.56. The summed E-state index contributed by atoms with van der Waals surface area (Å²) in [4.78, 5) is 14.1. The first-order chi connectivity index (χ1) is 10.5. The van der Waals surface area contributed by atoms with E-state index in [1.54, 1.807) is 6.92 Å². The van der Waals surface area contributed by atoms with E-state index in [0.717, 1.165) is 5.06 Å². The molecule has 1 aliphatic carbocycles. The number of aromatic nitrogens is 2. The third-order valence-electron chi connectivity index (χ3n) is 4.05. The lowest BCUT2D eigenvalue weighted by Crippen LogP contribution is -2.56. The maximum Gasteiger partial charge on any atom is 0.346 e. The summed E-state index contributed by atoms with van der Waals surface area (Å²) in [6.45, 7) is 2.30. The predicted molar refractivity (Wildman–Crippen MR) is 73.0 cm³/mol. The van der Waals surface area contributed by atoms with Crippen molar-refractivity contribution >= 4 is 17.4 Å². The fourth-order valence-corrected chi connectivity index (χ4v) is 3.14. The van der Waals surface area contributed by atoms with Crippen molar-refractivity contribution in [1.82, 2.24) is 20.2 Å². The fourth-order valence-electron chi connectivity index (χ4n) is 2.79. The summed E-state index contributed by atoms with van der Waals surface area (Å²) in [5, 5.41) is 8.81. The number of carbonyl (C=O) groups excluding carboxylic acids is 1. The number of hydroxylamine groups is 2. The molecule has 1 aromatic rings. The predicted octanol–water partition coefficient (Wildman–Crippen LogP) is 0.318. The van der Waals surface area contributed by atoms with E-state index in [1.807, 2.05) is 0 Å². The van der Waals surface area contributed by atoms with Gasteiger partial charge >= 0.3 is 17.4 Å². The molecule has 22 heavy (non-hydrogen) atoms. The Morgan fingerprint density at radius 3 is 2.77 bits per heavy atom. The van der Waals surface area contributed by atoms with Crippen molar-refractivity contribution in [1.29, 1.82) is 0 Å². The lowest BCUT2D eigenvalue weighted by atomic mass is 10.0. The first kappa shape index (κ1) is 15.3. The summed E-state index contributed by atoms with van der Waals surface area (Å²) < 4.78 is 30.2. The molecule has 1 unspecified atom stereocenters. The molecule has 10 nitrogen and oxygen atoms in total. The first-order valence-electron chi connectivity index (χ1n) is 6.93. The molecule has 0 radical (unpaired) electrons. The average Bonchev–Trinajstić information content (AvgIpc) is 3.09. The number of hydrogen-bond donors (Lipinski definition) is 2. The molecule has 3 rings (SSSR count). The van der Waals surface area contributed by atoms with E-state index in [0.29, 0.717) is 37.6 Å². The van der Waals surface area contributed by atoms with Crippen LogP contribution in [0.3, 0.4) is 0 Å². The van der Waals surface area contributed by atoms with Crippen molar-refractivity contribution in [2.45, 2.75) is 44.3 Å². The summed E-state index contributed by atoms with van der Waals surface area (Å²) in [6, 6.07) is -0.870. The molecular formula is C11H17N5O5S. The van der Waals surface area contributed by atoms with Gasteiger partial charge in [-0.05, 0) is 19.8 Å². The average molecular weight is 331 g/mol. The highest BCUT2D eigenvalue weighted by molar-refractivity contribution is 7.74. The van der Waals surface area contributed by atoms with Crippen molar-refractivity contribution in [2.24, 2.45) is 5.73 Å². The Morgan fingerprint density at radius 2 is 2.27 bits per heavy atom. The summed E-state index contributed by atoms with van der Waals surface area (Å²) in [5.74, 6) is 0.630. The number of nitrogens with zero attached hydrogens (tertiary/aromatic N) is 4. The zero-order valence-electron chi connectivity index (χ0n) is 12.0. The number of rotatable bonds is 5. The van der Waals surface area contributed by atoms with E-state index in [2.05, 4.69) is 10.2 Å². The Labute approximate surface area is 129 Å². The fraction of sp³-hybridized carbons (Fsp3) is 0.727. The SMILES string of the molecule is CCN1C(=O)N(OS(=O)O)C2(CC2)C[C@H]1c1nnc(CN)o1. The normalized spacial score (nSPS) is 24.9. The molecule has 2 amide bonds. The van der Waals surface area contributed by atoms with E-state index >= 15 is 0 Å². The summed E-state index contributed by atoms with van der Waals surface area (Å²) in [5.41, 5.74) is 4.88. The molecule has 2 fully saturated rings. The van der Waals surface area contributed by atoms with Crippen molar-refractivity contribution in [2.75, 3.05) is 6.54 Å². The Balaban J connectivity index is 1.90. The van der Waals surface area contributed by atoms with Crippen molar-refractivity contribution < 1.29 is 22.3 Å². The Kier molecular flexibility index (Phi) is 3.89. The molecule has 1 saturated carbocycles. The Morgan fingerprint density at radius 1 is 1.55 bits per heavy atom. The molecule has 122 valence electrons. The lowest BCUT2D eigenvalue weighted by Gasteiger charge is -2.43. The largest absolute Gasteiger partial charge is 0.422 e.